The van der Waals surface area contributed by atoms with Gasteiger partial charge in [-0.25, -0.2) is 18.0 Å². The van der Waals surface area contributed by atoms with Gasteiger partial charge in [0.25, 0.3) is 0 Å². The van der Waals surface area contributed by atoms with E-state index in [1.807, 2.05) is 12.1 Å². The van der Waals surface area contributed by atoms with Crippen LogP contribution in [0.1, 0.15) is 67.8 Å². The SMILES string of the molecule is CCCCC(CCC)c1ccc(C(=O)Oc2cc(F)c(F)c(F)c2)cc1. The van der Waals surface area contributed by atoms with Crippen LogP contribution in [0.3, 0.4) is 0 Å². The number of rotatable bonds is 8. The van der Waals surface area contributed by atoms with Crippen LogP contribution in [0, 0.1) is 17.5 Å². The fourth-order valence-corrected chi connectivity index (χ4v) is 2.93. The standard InChI is InChI=1S/C21H23F3O2/c1-3-5-7-14(6-4-2)15-8-10-16(11-9-15)21(25)26-17-12-18(22)20(24)19(23)13-17/h8-14H,3-7H2,1-2H3. The lowest BCUT2D eigenvalue weighted by molar-refractivity contribution is 0.0733. The fourth-order valence-electron chi connectivity index (χ4n) is 2.93. The Balaban J connectivity index is 2.10. The molecule has 0 bridgehead atoms. The number of unbranched alkanes of at least 4 members (excludes halogenated alkanes) is 1. The van der Waals surface area contributed by atoms with Gasteiger partial charge in [-0.2, -0.15) is 0 Å². The Bertz CT molecular complexity index is 718. The Morgan fingerprint density at radius 3 is 2.12 bits per heavy atom. The first-order chi connectivity index (χ1) is 12.5. The molecule has 0 aliphatic carbocycles. The minimum absolute atomic E-state index is 0.268. The van der Waals surface area contributed by atoms with E-state index in [2.05, 4.69) is 13.8 Å². The van der Waals surface area contributed by atoms with Crippen LogP contribution in [-0.2, 0) is 0 Å². The molecule has 0 fully saturated rings. The average molecular weight is 364 g/mol. The molecule has 0 N–H and O–H groups in total. The van der Waals surface area contributed by atoms with E-state index in [0.29, 0.717) is 18.1 Å². The van der Waals surface area contributed by atoms with Gasteiger partial charge < -0.3 is 4.74 Å². The molecular formula is C21H23F3O2. The molecule has 5 heteroatoms. The molecule has 0 aromatic heterocycles. The number of carbonyl (C=O) groups is 1. The van der Waals surface area contributed by atoms with Crippen molar-refractivity contribution in [3.8, 4) is 5.75 Å². The normalized spacial score (nSPS) is 12.0. The van der Waals surface area contributed by atoms with E-state index in [0.717, 1.165) is 37.7 Å². The van der Waals surface area contributed by atoms with Gasteiger partial charge in [-0.15, -0.1) is 0 Å². The summed E-state index contributed by atoms with van der Waals surface area (Å²) in [6.07, 6.45) is 5.55. The average Bonchev–Trinajstić information content (AvgIpc) is 2.63. The first-order valence-corrected chi connectivity index (χ1v) is 8.92. The second-order valence-corrected chi connectivity index (χ2v) is 6.34. The van der Waals surface area contributed by atoms with Gasteiger partial charge in [0.2, 0.25) is 0 Å². The summed E-state index contributed by atoms with van der Waals surface area (Å²) in [6, 6.07) is 8.35. The topological polar surface area (TPSA) is 26.3 Å². The van der Waals surface area contributed by atoms with Gasteiger partial charge in [0.05, 0.1) is 5.56 Å². The van der Waals surface area contributed by atoms with Crippen LogP contribution in [0.2, 0.25) is 0 Å². The van der Waals surface area contributed by atoms with Gasteiger partial charge in [-0.05, 0) is 36.5 Å². The van der Waals surface area contributed by atoms with Gasteiger partial charge in [0, 0.05) is 12.1 Å². The van der Waals surface area contributed by atoms with Crippen LogP contribution in [0.25, 0.3) is 0 Å². The predicted molar refractivity (Wildman–Crippen MR) is 94.9 cm³/mol. The maximum Gasteiger partial charge on any atom is 0.343 e. The van der Waals surface area contributed by atoms with Crippen molar-refractivity contribution >= 4 is 5.97 Å². The van der Waals surface area contributed by atoms with Gasteiger partial charge in [-0.1, -0.05) is 45.2 Å². The molecule has 2 aromatic rings. The lowest BCUT2D eigenvalue weighted by Crippen LogP contribution is -2.10. The molecule has 2 rings (SSSR count). The minimum Gasteiger partial charge on any atom is -0.423 e. The number of benzene rings is 2. The predicted octanol–water partition coefficient (Wildman–Crippen LogP) is 6.40. The van der Waals surface area contributed by atoms with Crippen LogP contribution in [0.15, 0.2) is 36.4 Å². The van der Waals surface area contributed by atoms with Crippen molar-refractivity contribution in [3.05, 3.63) is 65.0 Å². The third kappa shape index (κ3) is 5.10. The summed E-state index contributed by atoms with van der Waals surface area (Å²) in [4.78, 5) is 12.1. The minimum atomic E-state index is -1.59. The van der Waals surface area contributed by atoms with Crippen LogP contribution < -0.4 is 4.74 Å². The lowest BCUT2D eigenvalue weighted by Gasteiger charge is -2.16. The molecule has 0 spiro atoms. The van der Waals surface area contributed by atoms with Crippen molar-refractivity contribution in [2.75, 3.05) is 0 Å². The van der Waals surface area contributed by atoms with Crippen molar-refractivity contribution in [3.63, 3.8) is 0 Å². The fraction of sp³-hybridized carbons (Fsp3) is 0.381. The number of ether oxygens (including phenoxy) is 1. The molecule has 0 saturated carbocycles. The molecule has 1 atom stereocenters. The summed E-state index contributed by atoms with van der Waals surface area (Å²) in [5.74, 6) is -5.07. The molecule has 1 unspecified atom stereocenters. The Labute approximate surface area is 152 Å². The monoisotopic (exact) mass is 364 g/mol. The third-order valence-electron chi connectivity index (χ3n) is 4.33. The molecule has 0 heterocycles. The van der Waals surface area contributed by atoms with Gasteiger partial charge in [0.15, 0.2) is 17.5 Å². The number of esters is 1. The van der Waals surface area contributed by atoms with Gasteiger partial charge in [-0.3, -0.25) is 0 Å². The Morgan fingerprint density at radius 2 is 1.58 bits per heavy atom. The number of halogens is 3. The van der Waals surface area contributed by atoms with E-state index in [4.69, 9.17) is 4.74 Å². The number of hydrogen-bond donors (Lipinski definition) is 0. The highest BCUT2D eigenvalue weighted by Gasteiger charge is 2.16. The zero-order valence-corrected chi connectivity index (χ0v) is 15.0. The summed E-state index contributed by atoms with van der Waals surface area (Å²) in [5.41, 5.74) is 1.43. The van der Waals surface area contributed by atoms with E-state index < -0.39 is 23.4 Å². The van der Waals surface area contributed by atoms with Crippen LogP contribution >= 0.6 is 0 Å². The first kappa shape index (κ1) is 20.0. The van der Waals surface area contributed by atoms with Crippen LogP contribution in [-0.4, -0.2) is 5.97 Å². The van der Waals surface area contributed by atoms with Crippen molar-refractivity contribution in [2.24, 2.45) is 0 Å². The highest BCUT2D eigenvalue weighted by Crippen LogP contribution is 2.27. The summed E-state index contributed by atoms with van der Waals surface area (Å²) in [6.45, 7) is 4.30. The Hall–Kier alpha value is -2.30. The van der Waals surface area contributed by atoms with Crippen molar-refractivity contribution in [2.45, 2.75) is 51.9 Å². The Morgan fingerprint density at radius 1 is 0.962 bits per heavy atom. The van der Waals surface area contributed by atoms with Crippen molar-refractivity contribution < 1.29 is 22.7 Å². The van der Waals surface area contributed by atoms with E-state index in [9.17, 15) is 18.0 Å². The molecule has 26 heavy (non-hydrogen) atoms. The van der Waals surface area contributed by atoms with Crippen LogP contribution in [0.4, 0.5) is 13.2 Å². The molecule has 2 nitrogen and oxygen atoms in total. The van der Waals surface area contributed by atoms with E-state index >= 15 is 0 Å². The molecule has 0 aliphatic rings. The summed E-state index contributed by atoms with van der Waals surface area (Å²) in [7, 11) is 0. The maximum atomic E-state index is 13.2. The Kier molecular flexibility index (Phi) is 7.25. The molecule has 140 valence electrons. The summed E-state index contributed by atoms with van der Waals surface area (Å²) in [5, 5.41) is 0. The molecule has 2 aromatic carbocycles. The highest BCUT2D eigenvalue weighted by molar-refractivity contribution is 5.91. The third-order valence-corrected chi connectivity index (χ3v) is 4.33. The molecule has 0 radical (unpaired) electrons. The summed E-state index contributed by atoms with van der Waals surface area (Å²) < 4.78 is 44.3. The van der Waals surface area contributed by atoms with Gasteiger partial charge >= 0.3 is 5.97 Å². The second kappa shape index (κ2) is 9.41. The quantitative estimate of drug-likeness (QED) is 0.308. The zero-order valence-electron chi connectivity index (χ0n) is 15.0. The summed E-state index contributed by atoms with van der Waals surface area (Å²) >= 11 is 0. The maximum absolute atomic E-state index is 13.2. The van der Waals surface area contributed by atoms with Gasteiger partial charge in [0.1, 0.15) is 5.75 Å². The highest BCUT2D eigenvalue weighted by atomic mass is 19.2. The van der Waals surface area contributed by atoms with E-state index in [-0.39, 0.29) is 11.3 Å². The molecule has 0 saturated heterocycles. The van der Waals surface area contributed by atoms with E-state index in [1.54, 1.807) is 12.1 Å². The first-order valence-electron chi connectivity index (χ1n) is 8.92. The van der Waals surface area contributed by atoms with Crippen LogP contribution in [0.5, 0.6) is 5.75 Å². The zero-order chi connectivity index (χ0) is 19.1. The molecular weight excluding hydrogens is 341 g/mol. The van der Waals surface area contributed by atoms with Crippen molar-refractivity contribution in [1.29, 1.82) is 0 Å². The smallest absolute Gasteiger partial charge is 0.343 e. The molecule has 0 aliphatic heterocycles. The largest absolute Gasteiger partial charge is 0.423 e. The molecule has 0 amide bonds. The number of carbonyl (C=O) groups excluding carboxylic acids is 1. The number of hydrogen-bond acceptors (Lipinski definition) is 2. The second-order valence-electron chi connectivity index (χ2n) is 6.34. The van der Waals surface area contributed by atoms with Crippen molar-refractivity contribution in [1.82, 2.24) is 0 Å². The lowest BCUT2D eigenvalue weighted by atomic mass is 9.89. The van der Waals surface area contributed by atoms with E-state index in [1.165, 1.54) is 0 Å².